The van der Waals surface area contributed by atoms with Crippen molar-refractivity contribution >= 4 is 17.9 Å². The predicted molar refractivity (Wildman–Crippen MR) is 251 cm³/mol. The maximum atomic E-state index is 12.7. The number of ether oxygens (including phenoxy) is 3. The van der Waals surface area contributed by atoms with Gasteiger partial charge >= 0.3 is 17.9 Å². The third-order valence-corrected chi connectivity index (χ3v) is 9.31. The summed E-state index contributed by atoms with van der Waals surface area (Å²) in [6.45, 7) is 6.19. The van der Waals surface area contributed by atoms with E-state index in [1.165, 1.54) is 0 Å². The van der Waals surface area contributed by atoms with Gasteiger partial charge < -0.3 is 14.2 Å². The number of hydrogen-bond donors (Lipinski definition) is 0. The van der Waals surface area contributed by atoms with Crippen molar-refractivity contribution in [2.45, 2.75) is 194 Å². The maximum absolute atomic E-state index is 12.7. The van der Waals surface area contributed by atoms with Gasteiger partial charge in [0.1, 0.15) is 13.2 Å². The highest BCUT2D eigenvalue weighted by atomic mass is 16.6. The summed E-state index contributed by atoms with van der Waals surface area (Å²) < 4.78 is 16.7. The predicted octanol–water partition coefficient (Wildman–Crippen LogP) is 15.2. The van der Waals surface area contributed by atoms with Gasteiger partial charge in [0.25, 0.3) is 0 Å². The van der Waals surface area contributed by atoms with E-state index in [0.29, 0.717) is 12.8 Å². The van der Waals surface area contributed by atoms with Crippen LogP contribution in [0, 0.1) is 0 Å². The van der Waals surface area contributed by atoms with Crippen molar-refractivity contribution in [3.8, 4) is 0 Å². The molecule has 0 aromatic carbocycles. The van der Waals surface area contributed by atoms with Gasteiger partial charge in [0.15, 0.2) is 6.10 Å². The highest BCUT2D eigenvalue weighted by Gasteiger charge is 2.19. The van der Waals surface area contributed by atoms with E-state index in [0.717, 1.165) is 148 Å². The number of esters is 3. The molecule has 0 spiro atoms. The monoisotopic (exact) mass is 817 g/mol. The molecule has 0 rings (SSSR count). The fourth-order valence-electron chi connectivity index (χ4n) is 5.88. The average molecular weight is 817 g/mol. The molecule has 0 saturated heterocycles. The van der Waals surface area contributed by atoms with Crippen molar-refractivity contribution in [3.63, 3.8) is 0 Å². The van der Waals surface area contributed by atoms with E-state index < -0.39 is 6.10 Å². The lowest BCUT2D eigenvalue weighted by Crippen LogP contribution is -2.30. The molecule has 0 bridgehead atoms. The zero-order valence-corrected chi connectivity index (χ0v) is 37.7. The summed E-state index contributed by atoms with van der Waals surface area (Å²) in [5.41, 5.74) is 0. The molecule has 0 amide bonds. The number of unbranched alkanes of at least 4 members (excludes halogenated alkanes) is 13. The lowest BCUT2D eigenvalue weighted by molar-refractivity contribution is -0.167. The van der Waals surface area contributed by atoms with E-state index in [1.54, 1.807) is 0 Å². The largest absolute Gasteiger partial charge is 0.462 e. The summed E-state index contributed by atoms with van der Waals surface area (Å²) in [4.78, 5) is 37.8. The normalized spacial score (nSPS) is 13.1. The minimum atomic E-state index is -0.808. The number of carbonyl (C=O) groups excluding carboxylic acids is 3. The van der Waals surface area contributed by atoms with E-state index in [9.17, 15) is 14.4 Å². The van der Waals surface area contributed by atoms with Crippen LogP contribution in [0.2, 0.25) is 0 Å². The Morgan fingerprint density at radius 3 is 1.14 bits per heavy atom. The van der Waals surface area contributed by atoms with Crippen molar-refractivity contribution in [2.75, 3.05) is 13.2 Å². The van der Waals surface area contributed by atoms with Crippen molar-refractivity contribution in [1.82, 2.24) is 0 Å². The van der Waals surface area contributed by atoms with Crippen LogP contribution in [0.25, 0.3) is 0 Å². The molecule has 6 heteroatoms. The highest BCUT2D eigenvalue weighted by molar-refractivity contribution is 5.71. The summed E-state index contributed by atoms with van der Waals surface area (Å²) in [6, 6.07) is 0. The zero-order chi connectivity index (χ0) is 43.0. The van der Waals surface area contributed by atoms with Gasteiger partial charge in [-0.05, 0) is 103 Å². The minimum absolute atomic E-state index is 0.108. The Kier molecular flexibility index (Phi) is 43.6. The van der Waals surface area contributed by atoms with Gasteiger partial charge in [0, 0.05) is 19.3 Å². The molecule has 0 aliphatic heterocycles. The number of rotatable bonds is 40. The second kappa shape index (κ2) is 46.8. The molecule has 0 aliphatic carbocycles. The first kappa shape index (κ1) is 55.1. The first-order chi connectivity index (χ1) is 29.0. The van der Waals surface area contributed by atoms with Gasteiger partial charge in [-0.3, -0.25) is 14.4 Å². The molecule has 0 aromatic rings. The Morgan fingerprint density at radius 2 is 0.695 bits per heavy atom. The second-order valence-corrected chi connectivity index (χ2v) is 14.9. The number of allylic oxidation sites excluding steroid dienone is 18. The summed E-state index contributed by atoms with van der Waals surface area (Å²) in [5, 5.41) is 0. The van der Waals surface area contributed by atoms with Gasteiger partial charge in [0.2, 0.25) is 0 Å². The zero-order valence-electron chi connectivity index (χ0n) is 37.7. The molecule has 0 aromatic heterocycles. The molecule has 0 heterocycles. The molecule has 0 radical (unpaired) electrons. The lowest BCUT2D eigenvalue weighted by atomic mass is 10.1. The van der Waals surface area contributed by atoms with Crippen LogP contribution in [0.3, 0.4) is 0 Å². The Morgan fingerprint density at radius 1 is 0.356 bits per heavy atom. The van der Waals surface area contributed by atoms with Crippen LogP contribution < -0.4 is 0 Å². The van der Waals surface area contributed by atoms with E-state index in [4.69, 9.17) is 14.2 Å². The smallest absolute Gasteiger partial charge is 0.306 e. The second-order valence-electron chi connectivity index (χ2n) is 14.9. The fraction of sp³-hybridized carbons (Fsp3) is 0.604. The highest BCUT2D eigenvalue weighted by Crippen LogP contribution is 2.12. The maximum Gasteiger partial charge on any atom is 0.306 e. The topological polar surface area (TPSA) is 78.9 Å². The minimum Gasteiger partial charge on any atom is -0.462 e. The van der Waals surface area contributed by atoms with Gasteiger partial charge in [0.05, 0.1) is 0 Å². The lowest BCUT2D eigenvalue weighted by Gasteiger charge is -2.18. The molecule has 6 nitrogen and oxygen atoms in total. The first-order valence-corrected chi connectivity index (χ1v) is 23.4. The average Bonchev–Trinajstić information content (AvgIpc) is 3.23. The van der Waals surface area contributed by atoms with Crippen LogP contribution in [0.1, 0.15) is 188 Å². The molecule has 0 N–H and O–H groups in total. The van der Waals surface area contributed by atoms with Crippen LogP contribution in [-0.4, -0.2) is 37.2 Å². The summed E-state index contributed by atoms with van der Waals surface area (Å²) in [6.07, 6.45) is 62.1. The van der Waals surface area contributed by atoms with Gasteiger partial charge in [-0.25, -0.2) is 0 Å². The third kappa shape index (κ3) is 45.0. The van der Waals surface area contributed by atoms with Crippen molar-refractivity contribution in [1.29, 1.82) is 0 Å². The molecule has 59 heavy (non-hydrogen) atoms. The number of carbonyl (C=O) groups is 3. The van der Waals surface area contributed by atoms with Gasteiger partial charge in [-0.2, -0.15) is 0 Å². The molecule has 1 atom stereocenters. The van der Waals surface area contributed by atoms with E-state index in [-0.39, 0.29) is 37.5 Å². The van der Waals surface area contributed by atoms with Gasteiger partial charge in [-0.1, -0.05) is 175 Å². The van der Waals surface area contributed by atoms with Crippen LogP contribution in [0.5, 0.6) is 0 Å². The van der Waals surface area contributed by atoms with E-state index in [2.05, 4.69) is 124 Å². The first-order valence-electron chi connectivity index (χ1n) is 23.4. The SMILES string of the molecule is CC/C=C/C=C/C=C/CCCCCCCC(=O)OCC(COC(=O)CCCCCC/C=C/C/C=C/C/C=C/CC)OC(=O)CCCCCC/C=C/C/C=C/C/C=C/CC. The summed E-state index contributed by atoms with van der Waals surface area (Å²) in [5.74, 6) is -0.983. The quantitative estimate of drug-likeness (QED) is 0.0201. The Bertz CT molecular complexity index is 1260. The molecule has 1 unspecified atom stereocenters. The molecule has 0 fully saturated rings. The molecular formula is C53H84O6. The standard InChI is InChI=1S/C53H84O6/c1-4-7-10-13-16-19-22-25-28-31-34-37-40-43-46-52(55)58-49-50(48-57-51(54)45-42-39-36-33-30-27-24-21-18-15-12-9-6-3)59-53(56)47-44-41-38-35-32-29-26-23-20-17-14-11-8-5-2/h7-12,15-21,24-26,28-29,50H,4-6,13-14,22-23,27,30-49H2,1-3H3/b10-7+,11-8+,12-9+,18-15+,19-16+,20-17+,24-21+,28-25+,29-26+. The fourth-order valence-corrected chi connectivity index (χ4v) is 5.88. The van der Waals surface area contributed by atoms with Crippen molar-refractivity contribution in [3.05, 3.63) is 109 Å². The Labute approximate surface area is 361 Å². The van der Waals surface area contributed by atoms with Gasteiger partial charge in [-0.15, -0.1) is 0 Å². The third-order valence-electron chi connectivity index (χ3n) is 9.31. The van der Waals surface area contributed by atoms with Crippen LogP contribution in [0.15, 0.2) is 109 Å². The van der Waals surface area contributed by atoms with Crippen molar-refractivity contribution < 1.29 is 28.6 Å². The molecule has 332 valence electrons. The molecule has 0 aliphatic rings. The molecular weight excluding hydrogens is 733 g/mol. The number of hydrogen-bond acceptors (Lipinski definition) is 6. The van der Waals surface area contributed by atoms with E-state index in [1.807, 2.05) is 6.08 Å². The summed E-state index contributed by atoms with van der Waals surface area (Å²) >= 11 is 0. The van der Waals surface area contributed by atoms with Crippen LogP contribution in [0.4, 0.5) is 0 Å². The molecule has 0 saturated carbocycles. The Hall–Kier alpha value is -3.93. The van der Waals surface area contributed by atoms with Crippen LogP contribution in [-0.2, 0) is 28.6 Å². The summed E-state index contributed by atoms with van der Waals surface area (Å²) in [7, 11) is 0. The van der Waals surface area contributed by atoms with E-state index >= 15 is 0 Å². The van der Waals surface area contributed by atoms with Crippen molar-refractivity contribution in [2.24, 2.45) is 0 Å². The van der Waals surface area contributed by atoms with Crippen LogP contribution >= 0.6 is 0 Å². The Balaban J connectivity index is 4.52.